The van der Waals surface area contributed by atoms with Gasteiger partial charge in [-0.2, -0.15) is 0 Å². The normalized spacial score (nSPS) is 24.7. The lowest BCUT2D eigenvalue weighted by Gasteiger charge is -2.33. The second kappa shape index (κ2) is 8.79. The van der Waals surface area contributed by atoms with Crippen molar-refractivity contribution in [1.82, 2.24) is 10.2 Å². The molecule has 0 saturated carbocycles. The van der Waals surface area contributed by atoms with Crippen LogP contribution in [-0.2, 0) is 16.1 Å². The number of ether oxygens (including phenoxy) is 1. The molecule has 1 aromatic rings. The van der Waals surface area contributed by atoms with E-state index in [-0.39, 0.29) is 30.5 Å². The molecule has 134 valence electrons. The number of hydrogen-bond acceptors (Lipinski definition) is 3. The Balaban J connectivity index is 0.00000208. The van der Waals surface area contributed by atoms with Crippen LogP contribution < -0.4 is 5.32 Å². The van der Waals surface area contributed by atoms with E-state index in [1.54, 1.807) is 0 Å². The number of benzene rings is 1. The van der Waals surface area contributed by atoms with Crippen molar-refractivity contribution < 1.29 is 13.9 Å². The second-order valence-electron chi connectivity index (χ2n) is 6.56. The van der Waals surface area contributed by atoms with Crippen LogP contribution in [0.1, 0.15) is 30.4 Å². The molecule has 2 heterocycles. The number of alkyl halides is 1. The van der Waals surface area contributed by atoms with Crippen molar-refractivity contribution in [3.05, 3.63) is 35.4 Å². The summed E-state index contributed by atoms with van der Waals surface area (Å²) in [6.07, 6.45) is 1.32. The van der Waals surface area contributed by atoms with Crippen LogP contribution in [0.3, 0.4) is 0 Å². The van der Waals surface area contributed by atoms with Crippen molar-refractivity contribution >= 4 is 18.3 Å². The molecule has 1 amide bonds. The molecule has 2 atom stereocenters. The Bertz CT molecular complexity index is 550. The number of aryl methyl sites for hydroxylation is 1. The van der Waals surface area contributed by atoms with E-state index in [0.29, 0.717) is 32.7 Å². The number of carbonyl (C=O) groups excluding carboxylic acids is 1. The minimum Gasteiger partial charge on any atom is -0.373 e. The van der Waals surface area contributed by atoms with E-state index in [2.05, 4.69) is 24.4 Å². The fourth-order valence-electron chi connectivity index (χ4n) is 3.32. The van der Waals surface area contributed by atoms with Gasteiger partial charge in [-0.25, -0.2) is 4.39 Å². The van der Waals surface area contributed by atoms with E-state index >= 15 is 0 Å². The number of piperidine rings is 1. The van der Waals surface area contributed by atoms with Gasteiger partial charge in [0.1, 0.15) is 6.17 Å². The number of carbonyl (C=O) groups is 1. The molecule has 0 unspecified atom stereocenters. The molecule has 4 nitrogen and oxygen atoms in total. The molecule has 0 radical (unpaired) electrons. The van der Waals surface area contributed by atoms with Crippen molar-refractivity contribution in [1.29, 1.82) is 0 Å². The van der Waals surface area contributed by atoms with Crippen LogP contribution in [0.25, 0.3) is 0 Å². The molecule has 2 aliphatic heterocycles. The van der Waals surface area contributed by atoms with E-state index in [1.165, 1.54) is 11.1 Å². The van der Waals surface area contributed by atoms with Crippen molar-refractivity contribution in [2.75, 3.05) is 19.6 Å². The Morgan fingerprint density at radius 3 is 2.67 bits per heavy atom. The summed E-state index contributed by atoms with van der Waals surface area (Å²) in [5.74, 6) is 0.0440. The van der Waals surface area contributed by atoms with Gasteiger partial charge in [-0.05, 0) is 30.9 Å². The highest BCUT2D eigenvalue weighted by molar-refractivity contribution is 5.85. The lowest BCUT2D eigenvalue weighted by molar-refractivity contribution is -0.136. The van der Waals surface area contributed by atoms with Gasteiger partial charge in [-0.3, -0.25) is 4.79 Å². The van der Waals surface area contributed by atoms with E-state index in [4.69, 9.17) is 4.74 Å². The van der Waals surface area contributed by atoms with Gasteiger partial charge in [0, 0.05) is 26.1 Å². The Hall–Kier alpha value is -1.17. The molecule has 2 fully saturated rings. The van der Waals surface area contributed by atoms with Crippen LogP contribution in [0.4, 0.5) is 4.39 Å². The molecule has 24 heavy (non-hydrogen) atoms. The number of likely N-dealkylation sites (tertiary alicyclic amines) is 1. The first-order chi connectivity index (χ1) is 11.1. The molecule has 2 saturated heterocycles. The van der Waals surface area contributed by atoms with Crippen molar-refractivity contribution in [2.24, 2.45) is 0 Å². The lowest BCUT2D eigenvalue weighted by atomic mass is 10.1. The van der Waals surface area contributed by atoms with Crippen molar-refractivity contribution in [2.45, 2.75) is 51.1 Å². The highest BCUT2D eigenvalue weighted by atomic mass is 35.5. The second-order valence-corrected chi connectivity index (χ2v) is 6.56. The summed E-state index contributed by atoms with van der Waals surface area (Å²) in [7, 11) is 0. The molecule has 0 aromatic heterocycles. The number of amides is 1. The zero-order chi connectivity index (χ0) is 16.2. The number of nitrogens with zero attached hydrogens (tertiary/aromatic N) is 1. The van der Waals surface area contributed by atoms with Crippen molar-refractivity contribution in [3.63, 3.8) is 0 Å². The summed E-state index contributed by atoms with van der Waals surface area (Å²) in [4.78, 5) is 14.2. The van der Waals surface area contributed by atoms with E-state index < -0.39 is 6.17 Å². The third kappa shape index (κ3) is 4.68. The number of hydrogen-bond donors (Lipinski definition) is 1. The first-order valence-electron chi connectivity index (χ1n) is 8.46. The summed E-state index contributed by atoms with van der Waals surface area (Å²) in [6, 6.07) is 7.90. The molecule has 3 rings (SSSR count). The minimum atomic E-state index is -0.890. The van der Waals surface area contributed by atoms with Gasteiger partial charge in [0.25, 0.3) is 0 Å². The van der Waals surface area contributed by atoms with Crippen LogP contribution in [0, 0.1) is 6.92 Å². The Kier molecular flexibility index (Phi) is 7.02. The summed E-state index contributed by atoms with van der Waals surface area (Å²) in [5.41, 5.74) is 2.46. The Morgan fingerprint density at radius 1 is 1.33 bits per heavy atom. The van der Waals surface area contributed by atoms with Gasteiger partial charge in [0.15, 0.2) is 0 Å². The highest BCUT2D eigenvalue weighted by Crippen LogP contribution is 2.19. The minimum absolute atomic E-state index is 0. The predicted octanol–water partition coefficient (Wildman–Crippen LogP) is 2.62. The molecule has 1 aromatic carbocycles. The molecular formula is C18H26ClFN2O2. The fourth-order valence-corrected chi connectivity index (χ4v) is 3.32. The summed E-state index contributed by atoms with van der Waals surface area (Å²) in [6.45, 7) is 4.41. The highest BCUT2D eigenvalue weighted by Gasteiger charge is 2.33. The Labute approximate surface area is 149 Å². The largest absolute Gasteiger partial charge is 0.373 e. The maximum Gasteiger partial charge on any atom is 0.239 e. The molecule has 2 aliphatic rings. The van der Waals surface area contributed by atoms with Crippen LogP contribution in [0.15, 0.2) is 24.3 Å². The quantitative estimate of drug-likeness (QED) is 0.901. The van der Waals surface area contributed by atoms with Crippen LogP contribution >= 0.6 is 12.4 Å². The Morgan fingerprint density at radius 2 is 2.04 bits per heavy atom. The van der Waals surface area contributed by atoms with Gasteiger partial charge in [-0.1, -0.05) is 24.3 Å². The SMILES string of the molecule is Cc1ccccc1COC1CCN(C(=O)[C@H]2C[C@H](F)CN2)CC1.Cl. The zero-order valence-electron chi connectivity index (χ0n) is 14.0. The number of rotatable bonds is 4. The fraction of sp³-hybridized carbons (Fsp3) is 0.611. The third-order valence-corrected chi connectivity index (χ3v) is 4.86. The maximum atomic E-state index is 13.2. The van der Waals surface area contributed by atoms with E-state index in [9.17, 15) is 9.18 Å². The predicted molar refractivity (Wildman–Crippen MR) is 94.1 cm³/mol. The summed E-state index contributed by atoms with van der Waals surface area (Å²) in [5, 5.41) is 2.97. The number of halogens is 2. The molecule has 6 heteroatoms. The molecule has 0 bridgehead atoms. The first-order valence-corrected chi connectivity index (χ1v) is 8.46. The van der Waals surface area contributed by atoms with Crippen LogP contribution in [0.5, 0.6) is 0 Å². The van der Waals surface area contributed by atoms with Crippen molar-refractivity contribution in [3.8, 4) is 0 Å². The van der Waals surface area contributed by atoms with Gasteiger partial charge in [0.2, 0.25) is 5.91 Å². The molecular weight excluding hydrogens is 331 g/mol. The van der Waals surface area contributed by atoms with Crippen LogP contribution in [-0.4, -0.2) is 48.8 Å². The molecule has 1 N–H and O–H groups in total. The maximum absolute atomic E-state index is 13.2. The van der Waals surface area contributed by atoms with Gasteiger partial charge >= 0.3 is 0 Å². The standard InChI is InChI=1S/C18H25FN2O2.ClH/c1-13-4-2-3-5-14(13)12-23-16-6-8-21(9-7-16)18(22)17-10-15(19)11-20-17;/h2-5,15-17,20H,6-12H2,1H3;1H/t15-,17+;/m0./s1. The van der Waals surface area contributed by atoms with E-state index in [1.807, 2.05) is 17.0 Å². The van der Waals surface area contributed by atoms with Crippen LogP contribution in [0.2, 0.25) is 0 Å². The average molecular weight is 357 g/mol. The number of nitrogens with one attached hydrogen (secondary N) is 1. The average Bonchev–Trinajstić information content (AvgIpc) is 3.00. The monoisotopic (exact) mass is 356 g/mol. The molecule has 0 aliphatic carbocycles. The zero-order valence-corrected chi connectivity index (χ0v) is 14.9. The molecule has 0 spiro atoms. The van der Waals surface area contributed by atoms with Gasteiger partial charge in [0.05, 0.1) is 18.8 Å². The topological polar surface area (TPSA) is 41.6 Å². The smallest absolute Gasteiger partial charge is 0.239 e. The van der Waals surface area contributed by atoms with Gasteiger partial charge in [-0.15, -0.1) is 12.4 Å². The summed E-state index contributed by atoms with van der Waals surface area (Å²) >= 11 is 0. The first kappa shape index (κ1) is 19.2. The van der Waals surface area contributed by atoms with Gasteiger partial charge < -0.3 is 15.0 Å². The summed E-state index contributed by atoms with van der Waals surface area (Å²) < 4.78 is 19.2. The van der Waals surface area contributed by atoms with E-state index in [0.717, 1.165) is 12.8 Å². The lowest BCUT2D eigenvalue weighted by Crippen LogP contribution is -2.48. The third-order valence-electron chi connectivity index (χ3n) is 4.86.